The minimum atomic E-state index is -0.643. The fourth-order valence-electron chi connectivity index (χ4n) is 1.05. The van der Waals surface area contributed by atoms with Crippen molar-refractivity contribution in [2.45, 2.75) is 5.33 Å². The van der Waals surface area contributed by atoms with E-state index in [2.05, 4.69) is 20.7 Å². The van der Waals surface area contributed by atoms with Crippen LogP contribution in [0.25, 0.3) is 0 Å². The molecule has 0 atom stereocenters. The quantitative estimate of drug-likeness (QED) is 0.453. The van der Waals surface area contributed by atoms with Crippen LogP contribution in [-0.4, -0.2) is 13.1 Å². The molecule has 0 bridgehead atoms. The summed E-state index contributed by atoms with van der Waals surface area (Å²) in [6, 6.07) is 2.89. The minimum Gasteiger partial charge on any atom is -0.465 e. The van der Waals surface area contributed by atoms with Crippen LogP contribution in [0.4, 0.5) is 4.39 Å². The van der Waals surface area contributed by atoms with Gasteiger partial charge in [-0.3, -0.25) is 0 Å². The molecule has 0 heterocycles. The van der Waals surface area contributed by atoms with Crippen molar-refractivity contribution >= 4 is 44.5 Å². The smallest absolute Gasteiger partial charge is 0.341 e. The summed E-state index contributed by atoms with van der Waals surface area (Å²) in [5, 5.41) is 0.424. The summed E-state index contributed by atoms with van der Waals surface area (Å²) in [6.07, 6.45) is 0. The maximum atomic E-state index is 13.3. The van der Waals surface area contributed by atoms with Crippen LogP contribution in [0.15, 0.2) is 12.1 Å². The highest BCUT2D eigenvalue weighted by Gasteiger charge is 2.18. The summed E-state index contributed by atoms with van der Waals surface area (Å²) >= 11 is 5.26. The first-order valence-electron chi connectivity index (χ1n) is 3.73. The van der Waals surface area contributed by atoms with Crippen LogP contribution in [0, 0.1) is 9.39 Å². The Bertz CT molecular complexity index is 368. The van der Waals surface area contributed by atoms with E-state index in [0.29, 0.717) is 10.9 Å². The number of hydrogen-bond acceptors (Lipinski definition) is 2. The van der Waals surface area contributed by atoms with Crippen LogP contribution < -0.4 is 0 Å². The number of hydrogen-bond donors (Lipinski definition) is 0. The largest absolute Gasteiger partial charge is 0.465 e. The summed E-state index contributed by atoms with van der Waals surface area (Å²) in [5.41, 5.74) is 0.633. The predicted molar refractivity (Wildman–Crippen MR) is 63.1 cm³/mol. The van der Waals surface area contributed by atoms with Crippen LogP contribution in [0.5, 0.6) is 0 Å². The van der Waals surface area contributed by atoms with Gasteiger partial charge >= 0.3 is 5.97 Å². The van der Waals surface area contributed by atoms with Gasteiger partial charge in [0.2, 0.25) is 0 Å². The van der Waals surface area contributed by atoms with Crippen molar-refractivity contribution in [2.75, 3.05) is 7.11 Å². The normalized spacial score (nSPS) is 10.0. The molecule has 1 aromatic rings. The van der Waals surface area contributed by atoms with Crippen molar-refractivity contribution < 1.29 is 13.9 Å². The lowest BCUT2D eigenvalue weighted by molar-refractivity contribution is 0.0594. The van der Waals surface area contributed by atoms with Crippen LogP contribution in [-0.2, 0) is 10.1 Å². The number of ether oxygens (including phenoxy) is 1. The lowest BCUT2D eigenvalue weighted by Crippen LogP contribution is -2.09. The van der Waals surface area contributed by atoms with Gasteiger partial charge in [-0.05, 0) is 40.3 Å². The third-order valence-electron chi connectivity index (χ3n) is 1.73. The zero-order valence-corrected chi connectivity index (χ0v) is 11.1. The van der Waals surface area contributed by atoms with Crippen LogP contribution in [0.3, 0.4) is 0 Å². The Morgan fingerprint density at radius 1 is 1.64 bits per heavy atom. The number of esters is 1. The number of carbonyl (C=O) groups is 1. The van der Waals surface area contributed by atoms with E-state index in [1.807, 2.05) is 22.6 Å². The number of carbonyl (C=O) groups excluding carboxylic acids is 1. The highest BCUT2D eigenvalue weighted by molar-refractivity contribution is 14.1. The number of benzene rings is 1. The highest BCUT2D eigenvalue weighted by Crippen LogP contribution is 2.23. The van der Waals surface area contributed by atoms with E-state index in [1.165, 1.54) is 13.2 Å². The van der Waals surface area contributed by atoms with Crippen LogP contribution >= 0.6 is 38.5 Å². The predicted octanol–water partition coefficient (Wildman–Crippen LogP) is 3.11. The maximum Gasteiger partial charge on any atom is 0.341 e. The molecule has 0 amide bonds. The van der Waals surface area contributed by atoms with Gasteiger partial charge in [0.15, 0.2) is 0 Å². The zero-order chi connectivity index (χ0) is 10.7. The Kier molecular flexibility index (Phi) is 4.31. The average Bonchev–Trinajstić information content (AvgIpc) is 2.19. The van der Waals surface area contributed by atoms with Gasteiger partial charge in [-0.1, -0.05) is 15.9 Å². The molecule has 76 valence electrons. The van der Waals surface area contributed by atoms with Gasteiger partial charge in [0.1, 0.15) is 11.4 Å². The third kappa shape index (κ3) is 2.25. The fraction of sp³-hybridized carbons (Fsp3) is 0.222. The Morgan fingerprint density at radius 2 is 2.29 bits per heavy atom. The first-order valence-corrected chi connectivity index (χ1v) is 5.93. The van der Waals surface area contributed by atoms with E-state index in [4.69, 9.17) is 0 Å². The molecule has 0 unspecified atom stereocenters. The molecule has 0 aliphatic heterocycles. The molecule has 5 heteroatoms. The summed E-state index contributed by atoms with van der Waals surface area (Å²) in [4.78, 5) is 11.3. The molecule has 0 saturated carbocycles. The Morgan fingerprint density at radius 3 is 2.79 bits per heavy atom. The Balaban J connectivity index is 3.37. The van der Waals surface area contributed by atoms with E-state index in [0.717, 1.165) is 3.57 Å². The molecule has 0 spiro atoms. The molecule has 0 fully saturated rings. The van der Waals surface area contributed by atoms with Gasteiger partial charge in [0.05, 0.1) is 7.11 Å². The second kappa shape index (κ2) is 5.06. The molecule has 14 heavy (non-hydrogen) atoms. The average molecular weight is 373 g/mol. The molecule has 0 aliphatic carbocycles. The SMILES string of the molecule is COC(=O)c1c(F)ccc(I)c1CBr. The van der Waals surface area contributed by atoms with E-state index in [9.17, 15) is 9.18 Å². The van der Waals surface area contributed by atoms with Gasteiger partial charge in [0.25, 0.3) is 0 Å². The molecule has 0 aromatic heterocycles. The first-order chi connectivity index (χ1) is 6.61. The molecular weight excluding hydrogens is 366 g/mol. The number of rotatable bonds is 2. The molecule has 0 N–H and O–H groups in total. The second-order valence-electron chi connectivity index (χ2n) is 2.51. The van der Waals surface area contributed by atoms with Crippen molar-refractivity contribution in [1.29, 1.82) is 0 Å². The van der Waals surface area contributed by atoms with E-state index in [1.54, 1.807) is 6.07 Å². The van der Waals surface area contributed by atoms with E-state index in [-0.39, 0.29) is 5.56 Å². The van der Waals surface area contributed by atoms with Crippen molar-refractivity contribution in [3.05, 3.63) is 32.6 Å². The van der Waals surface area contributed by atoms with Crippen LogP contribution in [0.2, 0.25) is 0 Å². The van der Waals surface area contributed by atoms with Crippen molar-refractivity contribution in [1.82, 2.24) is 0 Å². The van der Waals surface area contributed by atoms with Gasteiger partial charge < -0.3 is 4.74 Å². The Labute approximate surface area is 103 Å². The third-order valence-corrected chi connectivity index (χ3v) is 3.30. The van der Waals surface area contributed by atoms with Crippen molar-refractivity contribution in [3.63, 3.8) is 0 Å². The topological polar surface area (TPSA) is 26.3 Å². The number of methoxy groups -OCH3 is 1. The molecule has 1 rings (SSSR count). The number of halogens is 3. The van der Waals surface area contributed by atoms with Crippen LogP contribution in [0.1, 0.15) is 15.9 Å². The van der Waals surface area contributed by atoms with Crippen molar-refractivity contribution in [3.8, 4) is 0 Å². The van der Waals surface area contributed by atoms with E-state index < -0.39 is 11.8 Å². The summed E-state index contributed by atoms with van der Waals surface area (Å²) < 4.78 is 18.7. The summed E-state index contributed by atoms with van der Waals surface area (Å²) in [6.45, 7) is 0. The molecule has 2 nitrogen and oxygen atoms in total. The lowest BCUT2D eigenvalue weighted by atomic mass is 10.1. The summed E-state index contributed by atoms with van der Waals surface area (Å²) in [5.74, 6) is -1.19. The molecule has 1 aromatic carbocycles. The zero-order valence-electron chi connectivity index (χ0n) is 7.31. The maximum absolute atomic E-state index is 13.3. The summed E-state index contributed by atoms with van der Waals surface area (Å²) in [7, 11) is 1.24. The van der Waals surface area contributed by atoms with Gasteiger partial charge in [0, 0.05) is 8.90 Å². The monoisotopic (exact) mass is 372 g/mol. The molecular formula is C9H7BrFIO2. The number of alkyl halides is 1. The Hall–Kier alpha value is -0.170. The minimum absolute atomic E-state index is 0.0104. The highest BCUT2D eigenvalue weighted by atomic mass is 127. The van der Waals surface area contributed by atoms with E-state index >= 15 is 0 Å². The second-order valence-corrected chi connectivity index (χ2v) is 4.23. The lowest BCUT2D eigenvalue weighted by Gasteiger charge is -2.08. The van der Waals surface area contributed by atoms with Gasteiger partial charge in [-0.2, -0.15) is 0 Å². The fourth-order valence-corrected chi connectivity index (χ4v) is 2.79. The molecule has 0 saturated heterocycles. The standard InChI is InChI=1S/C9H7BrFIO2/c1-14-9(13)8-5(4-10)7(12)3-2-6(8)11/h2-3H,4H2,1H3. The van der Waals surface area contributed by atoms with Gasteiger partial charge in [-0.15, -0.1) is 0 Å². The van der Waals surface area contributed by atoms with Gasteiger partial charge in [-0.25, -0.2) is 9.18 Å². The first kappa shape index (κ1) is 11.9. The van der Waals surface area contributed by atoms with Crippen molar-refractivity contribution in [2.24, 2.45) is 0 Å². The molecule has 0 aliphatic rings. The molecule has 0 radical (unpaired) electrons.